The third kappa shape index (κ3) is 2.11. The van der Waals surface area contributed by atoms with Crippen LogP contribution in [0.2, 0.25) is 0 Å². The molecule has 1 heterocycles. The number of phenolic OH excluding ortho intramolecular Hbond substituents is 1. The van der Waals surface area contributed by atoms with Crippen LogP contribution in [-0.4, -0.2) is 15.1 Å². The molecular formula is C11H11N3O. The summed E-state index contributed by atoms with van der Waals surface area (Å²) in [6.07, 6.45) is 3.41. The number of benzene rings is 1. The first-order chi connectivity index (χ1) is 7.29. The van der Waals surface area contributed by atoms with Crippen molar-refractivity contribution >= 4 is 0 Å². The lowest BCUT2D eigenvalue weighted by molar-refractivity contribution is 0.475. The molecule has 0 aliphatic carbocycles. The summed E-state index contributed by atoms with van der Waals surface area (Å²) in [5, 5.41) is 9.13. The summed E-state index contributed by atoms with van der Waals surface area (Å²) in [5.41, 5.74) is 7.22. The fraction of sp³-hybridized carbons (Fsp3) is 0.0909. The van der Waals surface area contributed by atoms with Gasteiger partial charge in [0, 0.05) is 30.1 Å². The van der Waals surface area contributed by atoms with E-state index in [4.69, 9.17) is 10.8 Å². The van der Waals surface area contributed by atoms with Crippen LogP contribution < -0.4 is 5.73 Å². The van der Waals surface area contributed by atoms with Gasteiger partial charge >= 0.3 is 0 Å². The van der Waals surface area contributed by atoms with Crippen LogP contribution >= 0.6 is 0 Å². The van der Waals surface area contributed by atoms with Crippen molar-refractivity contribution in [2.75, 3.05) is 0 Å². The van der Waals surface area contributed by atoms with Gasteiger partial charge in [-0.1, -0.05) is 0 Å². The van der Waals surface area contributed by atoms with Gasteiger partial charge in [0.15, 0.2) is 5.82 Å². The Morgan fingerprint density at radius 2 is 1.67 bits per heavy atom. The minimum atomic E-state index is 0.234. The van der Waals surface area contributed by atoms with Gasteiger partial charge in [-0.2, -0.15) is 0 Å². The SMILES string of the molecule is NCc1cnc(-c2ccc(O)cc2)nc1. The van der Waals surface area contributed by atoms with Gasteiger partial charge in [-0.3, -0.25) is 0 Å². The molecule has 2 rings (SSSR count). The molecule has 0 aliphatic rings. The molecular weight excluding hydrogens is 190 g/mol. The van der Waals surface area contributed by atoms with Crippen molar-refractivity contribution in [2.45, 2.75) is 6.54 Å². The summed E-state index contributed by atoms with van der Waals surface area (Å²) in [7, 11) is 0. The minimum Gasteiger partial charge on any atom is -0.508 e. The molecule has 0 saturated carbocycles. The second-order valence-electron chi connectivity index (χ2n) is 3.17. The molecule has 1 aromatic carbocycles. The van der Waals surface area contributed by atoms with Gasteiger partial charge in [-0.25, -0.2) is 9.97 Å². The van der Waals surface area contributed by atoms with Gasteiger partial charge in [0.2, 0.25) is 0 Å². The molecule has 0 aliphatic heterocycles. The Morgan fingerprint density at radius 3 is 2.20 bits per heavy atom. The van der Waals surface area contributed by atoms with Gasteiger partial charge in [0.1, 0.15) is 5.75 Å². The molecule has 0 radical (unpaired) electrons. The number of aromatic hydroxyl groups is 1. The molecule has 15 heavy (non-hydrogen) atoms. The average molecular weight is 201 g/mol. The monoisotopic (exact) mass is 201 g/mol. The second kappa shape index (κ2) is 4.06. The van der Waals surface area contributed by atoms with Gasteiger partial charge < -0.3 is 10.8 Å². The third-order valence-electron chi connectivity index (χ3n) is 2.07. The predicted octanol–water partition coefficient (Wildman–Crippen LogP) is 1.31. The fourth-order valence-electron chi connectivity index (χ4n) is 1.22. The molecule has 0 unspecified atom stereocenters. The predicted molar refractivity (Wildman–Crippen MR) is 57.0 cm³/mol. The first-order valence-corrected chi connectivity index (χ1v) is 4.60. The fourth-order valence-corrected chi connectivity index (χ4v) is 1.22. The number of phenols is 1. The zero-order valence-corrected chi connectivity index (χ0v) is 8.09. The van der Waals surface area contributed by atoms with Crippen LogP contribution in [0.3, 0.4) is 0 Å². The number of hydrogen-bond acceptors (Lipinski definition) is 4. The summed E-state index contributed by atoms with van der Waals surface area (Å²) >= 11 is 0. The average Bonchev–Trinajstić information content (AvgIpc) is 2.30. The van der Waals surface area contributed by atoms with Crippen molar-refractivity contribution in [2.24, 2.45) is 5.73 Å². The van der Waals surface area contributed by atoms with E-state index in [9.17, 15) is 0 Å². The lowest BCUT2D eigenvalue weighted by Crippen LogP contribution is -1.98. The molecule has 0 saturated heterocycles. The lowest BCUT2D eigenvalue weighted by atomic mass is 10.2. The molecule has 76 valence electrons. The Kier molecular flexibility index (Phi) is 2.60. The van der Waals surface area contributed by atoms with Crippen molar-refractivity contribution in [3.8, 4) is 17.1 Å². The summed E-state index contributed by atoms with van der Waals surface area (Å²) in [4.78, 5) is 8.35. The Labute approximate surface area is 87.4 Å². The molecule has 0 fully saturated rings. The van der Waals surface area contributed by atoms with Crippen LogP contribution in [-0.2, 0) is 6.54 Å². The Bertz CT molecular complexity index is 436. The maximum Gasteiger partial charge on any atom is 0.159 e. The lowest BCUT2D eigenvalue weighted by Gasteiger charge is -2.00. The smallest absolute Gasteiger partial charge is 0.159 e. The van der Waals surface area contributed by atoms with Gasteiger partial charge in [0.05, 0.1) is 0 Å². The first-order valence-electron chi connectivity index (χ1n) is 4.60. The van der Waals surface area contributed by atoms with Crippen LogP contribution in [0.4, 0.5) is 0 Å². The summed E-state index contributed by atoms with van der Waals surface area (Å²) in [6, 6.07) is 6.75. The number of hydrogen-bond donors (Lipinski definition) is 2. The van der Waals surface area contributed by atoms with E-state index in [1.807, 2.05) is 0 Å². The summed E-state index contributed by atoms with van der Waals surface area (Å²) < 4.78 is 0. The molecule has 2 aromatic rings. The minimum absolute atomic E-state index is 0.234. The van der Waals surface area contributed by atoms with Crippen molar-refractivity contribution in [1.29, 1.82) is 0 Å². The quantitative estimate of drug-likeness (QED) is 0.768. The van der Waals surface area contributed by atoms with Crippen molar-refractivity contribution in [1.82, 2.24) is 9.97 Å². The van der Waals surface area contributed by atoms with E-state index >= 15 is 0 Å². The molecule has 0 amide bonds. The Hall–Kier alpha value is -1.94. The number of aromatic nitrogens is 2. The second-order valence-corrected chi connectivity index (χ2v) is 3.17. The van der Waals surface area contributed by atoms with Crippen LogP contribution in [0.1, 0.15) is 5.56 Å². The molecule has 3 N–H and O–H groups in total. The molecule has 0 spiro atoms. The summed E-state index contributed by atoms with van der Waals surface area (Å²) in [5.74, 6) is 0.865. The van der Waals surface area contributed by atoms with Crippen LogP contribution in [0.5, 0.6) is 5.75 Å². The van der Waals surface area contributed by atoms with Gasteiger partial charge in [0.25, 0.3) is 0 Å². The summed E-state index contributed by atoms with van der Waals surface area (Å²) in [6.45, 7) is 0.440. The van der Waals surface area contributed by atoms with E-state index in [0.717, 1.165) is 11.1 Å². The maximum absolute atomic E-state index is 9.13. The van der Waals surface area contributed by atoms with Crippen molar-refractivity contribution in [3.63, 3.8) is 0 Å². The maximum atomic E-state index is 9.13. The molecule has 0 bridgehead atoms. The normalized spacial score (nSPS) is 10.2. The molecule has 0 atom stereocenters. The highest BCUT2D eigenvalue weighted by molar-refractivity contribution is 5.55. The van der Waals surface area contributed by atoms with E-state index in [1.54, 1.807) is 36.7 Å². The van der Waals surface area contributed by atoms with E-state index in [1.165, 1.54) is 0 Å². The standard InChI is InChI=1S/C11H11N3O/c12-5-8-6-13-11(14-7-8)9-1-3-10(15)4-2-9/h1-4,6-7,15H,5,12H2. The highest BCUT2D eigenvalue weighted by atomic mass is 16.3. The Morgan fingerprint density at radius 1 is 1.07 bits per heavy atom. The molecule has 4 heteroatoms. The number of nitrogens with zero attached hydrogens (tertiary/aromatic N) is 2. The topological polar surface area (TPSA) is 72.0 Å². The number of nitrogens with two attached hydrogens (primary N) is 1. The van der Waals surface area contributed by atoms with E-state index in [2.05, 4.69) is 9.97 Å². The highest BCUT2D eigenvalue weighted by Crippen LogP contribution is 2.17. The van der Waals surface area contributed by atoms with Crippen LogP contribution in [0.15, 0.2) is 36.7 Å². The largest absolute Gasteiger partial charge is 0.508 e. The Balaban J connectivity index is 2.33. The number of rotatable bonds is 2. The zero-order chi connectivity index (χ0) is 10.7. The molecule has 1 aromatic heterocycles. The van der Waals surface area contributed by atoms with Crippen LogP contribution in [0.25, 0.3) is 11.4 Å². The van der Waals surface area contributed by atoms with Crippen LogP contribution in [0, 0.1) is 0 Å². The highest BCUT2D eigenvalue weighted by Gasteiger charge is 2.00. The van der Waals surface area contributed by atoms with Crippen molar-refractivity contribution < 1.29 is 5.11 Å². The van der Waals surface area contributed by atoms with E-state index in [-0.39, 0.29) is 5.75 Å². The van der Waals surface area contributed by atoms with Gasteiger partial charge in [-0.15, -0.1) is 0 Å². The van der Waals surface area contributed by atoms with E-state index in [0.29, 0.717) is 12.4 Å². The molecule has 4 nitrogen and oxygen atoms in total. The van der Waals surface area contributed by atoms with E-state index < -0.39 is 0 Å². The van der Waals surface area contributed by atoms with Crippen molar-refractivity contribution in [3.05, 3.63) is 42.2 Å². The first kappa shape index (κ1) is 9.61. The zero-order valence-electron chi connectivity index (χ0n) is 8.09. The van der Waals surface area contributed by atoms with Gasteiger partial charge in [-0.05, 0) is 24.3 Å². The third-order valence-corrected chi connectivity index (χ3v) is 2.07.